The van der Waals surface area contributed by atoms with E-state index >= 15 is 0 Å². The number of nitrogens with zero attached hydrogens (tertiary/aromatic N) is 1. The molecule has 1 aliphatic carbocycles. The van der Waals surface area contributed by atoms with Crippen molar-refractivity contribution in [2.45, 2.75) is 82.4 Å². The number of carbonyl (C=O) groups is 1. The van der Waals surface area contributed by atoms with E-state index in [0.717, 1.165) is 34.4 Å². The number of fused-ring (bicyclic) bond motifs is 1. The summed E-state index contributed by atoms with van der Waals surface area (Å²) in [6, 6.07) is 23.7. The maximum absolute atomic E-state index is 14.1. The van der Waals surface area contributed by atoms with Gasteiger partial charge >= 0.3 is 5.97 Å². The van der Waals surface area contributed by atoms with Crippen molar-refractivity contribution in [3.8, 4) is 5.75 Å². The highest BCUT2D eigenvalue weighted by atomic mass is 35.5. The third-order valence-electron chi connectivity index (χ3n) is 10.4. The Labute approximate surface area is 335 Å². The van der Waals surface area contributed by atoms with Gasteiger partial charge in [0.15, 0.2) is 5.60 Å². The van der Waals surface area contributed by atoms with Crippen molar-refractivity contribution in [1.82, 2.24) is 4.72 Å². The van der Waals surface area contributed by atoms with Crippen LogP contribution in [0.3, 0.4) is 0 Å². The minimum Gasteiger partial charge on any atom is -0.487 e. The fourth-order valence-corrected chi connectivity index (χ4v) is 9.30. The molecule has 2 aliphatic rings. The van der Waals surface area contributed by atoms with Gasteiger partial charge in [0.2, 0.25) is 5.96 Å². The van der Waals surface area contributed by atoms with Crippen LogP contribution in [0.25, 0.3) is 5.57 Å². The summed E-state index contributed by atoms with van der Waals surface area (Å²) in [5, 5.41) is 0.424. The monoisotopic (exact) mass is 792 g/mol. The van der Waals surface area contributed by atoms with Gasteiger partial charge in [-0.1, -0.05) is 115 Å². The van der Waals surface area contributed by atoms with Crippen LogP contribution < -0.4 is 20.9 Å². The van der Waals surface area contributed by atoms with Gasteiger partial charge in [-0.3, -0.25) is 9.79 Å². The summed E-state index contributed by atoms with van der Waals surface area (Å²) in [6.45, 7) is 9.49. The van der Waals surface area contributed by atoms with E-state index in [4.69, 9.17) is 32.5 Å². The van der Waals surface area contributed by atoms with E-state index < -0.39 is 33.2 Å². The molecule has 0 amide bonds. The second-order valence-corrected chi connectivity index (χ2v) is 16.9. The molecule has 0 saturated heterocycles. The van der Waals surface area contributed by atoms with Crippen molar-refractivity contribution in [1.29, 1.82) is 0 Å². The van der Waals surface area contributed by atoms with E-state index in [9.17, 15) is 13.2 Å². The predicted molar refractivity (Wildman–Crippen MR) is 224 cm³/mol. The van der Waals surface area contributed by atoms with Crippen LogP contribution in [0.15, 0.2) is 119 Å². The Morgan fingerprint density at radius 2 is 1.62 bits per heavy atom. The molecule has 5 N–H and O–H groups in total. The lowest BCUT2D eigenvalue weighted by Gasteiger charge is -2.36. The first-order chi connectivity index (χ1) is 26.6. The Hall–Kier alpha value is -5.16. The van der Waals surface area contributed by atoms with Crippen LogP contribution in [0.1, 0.15) is 77.6 Å². The summed E-state index contributed by atoms with van der Waals surface area (Å²) in [6.07, 6.45) is 12.1. The van der Waals surface area contributed by atoms with Crippen LogP contribution in [0, 0.1) is 20.8 Å². The SMILES string of the molecule is Cc1c(C)c(S(=O)(=O)NC(N)=NCCCC(N)C(=O)OC(c2ccccc2)(c2ccc(C3=CC=CC=CC3)cc2)c2ccccc2Cl)c(C)c2c1OC(C)(C)C2. The number of nitrogens with two attached hydrogens (primary N) is 2. The van der Waals surface area contributed by atoms with Crippen LogP contribution in [0.2, 0.25) is 5.02 Å². The maximum Gasteiger partial charge on any atom is 0.324 e. The molecular formula is C45H49ClN4O5S. The van der Waals surface area contributed by atoms with Crippen molar-refractivity contribution in [2.24, 2.45) is 16.5 Å². The number of ether oxygens (including phenoxy) is 2. The third-order valence-corrected chi connectivity index (χ3v) is 12.4. The number of nitrogens with one attached hydrogen (secondary N) is 1. The lowest BCUT2D eigenvalue weighted by atomic mass is 9.79. The number of halogens is 1. The molecule has 0 spiro atoms. The van der Waals surface area contributed by atoms with E-state index in [2.05, 4.69) is 21.9 Å². The first kappa shape index (κ1) is 40.5. The average Bonchev–Trinajstić information content (AvgIpc) is 3.30. The number of hydrogen-bond donors (Lipinski definition) is 3. The van der Waals surface area contributed by atoms with Crippen LogP contribution in [-0.2, 0) is 31.6 Å². The van der Waals surface area contributed by atoms with Gasteiger partial charge in [0.1, 0.15) is 17.4 Å². The Morgan fingerprint density at radius 1 is 0.946 bits per heavy atom. The van der Waals surface area contributed by atoms with Crippen LogP contribution in [-0.4, -0.2) is 38.5 Å². The van der Waals surface area contributed by atoms with Gasteiger partial charge in [-0.15, -0.1) is 0 Å². The number of aliphatic imine (C=N–C) groups is 1. The topological polar surface area (TPSA) is 146 Å². The van der Waals surface area contributed by atoms with Crippen molar-refractivity contribution in [2.75, 3.05) is 6.54 Å². The first-order valence-corrected chi connectivity index (χ1v) is 20.6. The second-order valence-electron chi connectivity index (χ2n) is 14.9. The molecule has 0 saturated carbocycles. The van der Waals surface area contributed by atoms with Crippen LogP contribution in [0.4, 0.5) is 0 Å². The number of sulfonamides is 1. The molecule has 6 rings (SSSR count). The molecule has 1 heterocycles. The Balaban J connectivity index is 1.20. The van der Waals surface area contributed by atoms with Gasteiger partial charge in [0.05, 0.1) is 4.90 Å². The van der Waals surface area contributed by atoms with Crippen LogP contribution in [0.5, 0.6) is 5.75 Å². The number of benzene rings is 4. The first-order valence-electron chi connectivity index (χ1n) is 18.7. The number of esters is 1. The zero-order chi connectivity index (χ0) is 40.3. The zero-order valence-corrected chi connectivity index (χ0v) is 34.0. The highest BCUT2D eigenvalue weighted by molar-refractivity contribution is 7.90. The predicted octanol–water partition coefficient (Wildman–Crippen LogP) is 8.11. The minimum atomic E-state index is -4.06. The fraction of sp³-hybridized carbons (Fsp3) is 0.289. The molecule has 0 bridgehead atoms. The van der Waals surface area contributed by atoms with Gasteiger partial charge in [-0.2, -0.15) is 0 Å². The lowest BCUT2D eigenvalue weighted by Crippen LogP contribution is -2.42. The molecule has 9 nitrogen and oxygen atoms in total. The van der Waals surface area contributed by atoms with E-state index in [1.165, 1.54) is 0 Å². The molecule has 0 fully saturated rings. The zero-order valence-electron chi connectivity index (χ0n) is 32.4. The summed E-state index contributed by atoms with van der Waals surface area (Å²) in [7, 11) is -4.06. The summed E-state index contributed by atoms with van der Waals surface area (Å²) >= 11 is 6.89. The molecule has 0 radical (unpaired) electrons. The molecule has 292 valence electrons. The molecule has 56 heavy (non-hydrogen) atoms. The van der Waals surface area contributed by atoms with Crippen molar-refractivity contribution >= 4 is 39.1 Å². The van der Waals surface area contributed by atoms with Gasteiger partial charge < -0.3 is 20.9 Å². The summed E-state index contributed by atoms with van der Waals surface area (Å²) in [5.41, 5.74) is 17.8. The number of carbonyl (C=O) groups excluding carboxylic acids is 1. The van der Waals surface area contributed by atoms with Crippen molar-refractivity contribution < 1.29 is 22.7 Å². The standard InChI is InChI=1S/C45H49ClN4O5S/c1-29-30(2)41(31(3)36-28-44(4,5)54-40(29)36)56(52,53)50-43(48)49-27-15-22-39(47)42(51)55-45(34-18-11-8-12-19-34,37-20-13-14-21-38(37)46)35-25-23-33(24-26-35)32-16-9-6-7-10-17-32/h6-14,16,18-21,23-26,39H,15,17,22,27-28,47H2,1-5H3,(H3,48,49,50). The number of guanidine groups is 1. The van der Waals surface area contributed by atoms with E-state index in [0.29, 0.717) is 45.7 Å². The Morgan fingerprint density at radius 3 is 2.34 bits per heavy atom. The third kappa shape index (κ3) is 8.33. The highest BCUT2D eigenvalue weighted by Gasteiger charge is 2.43. The number of hydrogen-bond acceptors (Lipinski definition) is 7. The minimum absolute atomic E-state index is 0.120. The smallest absolute Gasteiger partial charge is 0.324 e. The number of rotatable bonds is 12. The van der Waals surface area contributed by atoms with Gasteiger partial charge in [-0.05, 0) is 87.8 Å². The molecule has 1 aliphatic heterocycles. The van der Waals surface area contributed by atoms with Crippen molar-refractivity contribution in [3.05, 3.63) is 159 Å². The van der Waals surface area contributed by atoms with Gasteiger partial charge in [0, 0.05) is 40.2 Å². The maximum atomic E-state index is 14.1. The van der Waals surface area contributed by atoms with Gasteiger partial charge in [-0.25, -0.2) is 13.1 Å². The number of allylic oxidation sites excluding steroid dienone is 6. The molecule has 4 aromatic carbocycles. The average molecular weight is 793 g/mol. The highest BCUT2D eigenvalue weighted by Crippen LogP contribution is 2.45. The lowest BCUT2D eigenvalue weighted by molar-refractivity contribution is -0.155. The largest absolute Gasteiger partial charge is 0.487 e. The van der Waals surface area contributed by atoms with Crippen LogP contribution >= 0.6 is 11.6 Å². The van der Waals surface area contributed by atoms with E-state index in [1.54, 1.807) is 19.9 Å². The molecular weight excluding hydrogens is 744 g/mol. The Bertz CT molecular complexity index is 2350. The molecule has 0 aromatic heterocycles. The molecule has 2 atom stereocenters. The van der Waals surface area contributed by atoms with Gasteiger partial charge in [0.25, 0.3) is 10.0 Å². The Kier molecular flexibility index (Phi) is 11.9. The molecule has 4 aromatic rings. The van der Waals surface area contributed by atoms with Crippen molar-refractivity contribution in [3.63, 3.8) is 0 Å². The quantitative estimate of drug-likeness (QED) is 0.0432. The summed E-state index contributed by atoms with van der Waals surface area (Å²) in [5.74, 6) is -0.154. The molecule has 11 heteroatoms. The second kappa shape index (κ2) is 16.5. The van der Waals surface area contributed by atoms with E-state index in [-0.39, 0.29) is 23.8 Å². The normalized spacial score (nSPS) is 16.6. The summed E-state index contributed by atoms with van der Waals surface area (Å²) in [4.78, 5) is 18.5. The van der Waals surface area contributed by atoms with E-state index in [1.807, 2.05) is 112 Å². The molecule has 2 unspecified atom stereocenters. The fourth-order valence-electron chi connectivity index (χ4n) is 7.50. The summed E-state index contributed by atoms with van der Waals surface area (Å²) < 4.78 is 42.4.